The highest BCUT2D eigenvalue weighted by Gasteiger charge is 2.14. The van der Waals surface area contributed by atoms with Gasteiger partial charge in [-0.15, -0.1) is 0 Å². The second kappa shape index (κ2) is 6.58. The number of carboxylic acid groups (broad SMARTS) is 1. The highest BCUT2D eigenvalue weighted by Crippen LogP contribution is 2.11. The fourth-order valence-electron chi connectivity index (χ4n) is 1.03. The van der Waals surface area contributed by atoms with E-state index in [1.807, 2.05) is 0 Å². The second-order valence-corrected chi connectivity index (χ2v) is 3.08. The van der Waals surface area contributed by atoms with Crippen LogP contribution in [0.15, 0.2) is 12.2 Å². The molecule has 1 unspecified atom stereocenters. The van der Waals surface area contributed by atoms with Gasteiger partial charge in [-0.25, -0.2) is 4.79 Å². The number of carboxylic acids is 1. The number of hydrogen-bond donors (Lipinski definition) is 3. The third kappa shape index (κ3) is 7.24. The first kappa shape index (κ1) is 13.2. The summed E-state index contributed by atoms with van der Waals surface area (Å²) in [5.41, 5.74) is 9.98. The van der Waals surface area contributed by atoms with Crippen LogP contribution in [0, 0.1) is 5.92 Å². The number of allylic oxidation sites excluding steroid dienone is 1. The van der Waals surface area contributed by atoms with Gasteiger partial charge >= 0.3 is 5.97 Å². The molecule has 0 aliphatic heterocycles. The van der Waals surface area contributed by atoms with Crippen LogP contribution in [0.25, 0.3) is 0 Å². The van der Waals surface area contributed by atoms with Crippen molar-refractivity contribution in [3.8, 4) is 0 Å². The van der Waals surface area contributed by atoms with Gasteiger partial charge in [-0.05, 0) is 12.8 Å². The van der Waals surface area contributed by atoms with E-state index in [4.69, 9.17) is 16.6 Å². The van der Waals surface area contributed by atoms with Gasteiger partial charge < -0.3 is 16.6 Å². The normalized spacial score (nSPS) is 12.5. The van der Waals surface area contributed by atoms with E-state index in [-0.39, 0.29) is 19.3 Å². The number of nitrogens with two attached hydrogens (primary N) is 2. The molecule has 0 saturated heterocycles. The molecule has 15 heavy (non-hydrogen) atoms. The van der Waals surface area contributed by atoms with Gasteiger partial charge in [0.2, 0.25) is 11.8 Å². The van der Waals surface area contributed by atoms with Crippen LogP contribution in [0.5, 0.6) is 0 Å². The number of primary amides is 2. The first-order valence-electron chi connectivity index (χ1n) is 4.40. The largest absolute Gasteiger partial charge is 0.478 e. The van der Waals surface area contributed by atoms with Crippen molar-refractivity contribution < 1.29 is 19.5 Å². The molecular formula is C9H14N2O4. The van der Waals surface area contributed by atoms with Crippen LogP contribution in [0.2, 0.25) is 0 Å². The molecule has 6 heteroatoms. The van der Waals surface area contributed by atoms with Crippen molar-refractivity contribution in [1.29, 1.82) is 0 Å². The van der Waals surface area contributed by atoms with Crippen LogP contribution in [0.4, 0.5) is 0 Å². The first-order chi connectivity index (χ1) is 6.93. The molecule has 0 aromatic rings. The average Bonchev–Trinajstić information content (AvgIpc) is 2.09. The molecule has 0 aliphatic rings. The summed E-state index contributed by atoms with van der Waals surface area (Å²) in [5.74, 6) is -2.71. The van der Waals surface area contributed by atoms with E-state index >= 15 is 0 Å². The van der Waals surface area contributed by atoms with Crippen LogP contribution < -0.4 is 11.5 Å². The Labute approximate surface area is 86.9 Å². The molecule has 84 valence electrons. The number of carbonyl (C=O) groups excluding carboxylic acids is 2. The van der Waals surface area contributed by atoms with Crippen molar-refractivity contribution in [2.45, 2.75) is 19.3 Å². The van der Waals surface area contributed by atoms with E-state index in [1.54, 1.807) is 0 Å². The third-order valence-electron chi connectivity index (χ3n) is 1.82. The maximum Gasteiger partial charge on any atom is 0.327 e. The Morgan fingerprint density at radius 1 is 1.27 bits per heavy atom. The molecule has 1 atom stereocenters. The molecule has 0 fully saturated rings. The van der Waals surface area contributed by atoms with Crippen LogP contribution in [0.3, 0.4) is 0 Å². The van der Waals surface area contributed by atoms with Crippen LogP contribution >= 0.6 is 0 Å². The van der Waals surface area contributed by atoms with Gasteiger partial charge in [-0.3, -0.25) is 9.59 Å². The molecule has 0 heterocycles. The van der Waals surface area contributed by atoms with Crippen LogP contribution in [-0.4, -0.2) is 22.9 Å². The Morgan fingerprint density at radius 2 is 1.87 bits per heavy atom. The van der Waals surface area contributed by atoms with Crippen molar-refractivity contribution in [1.82, 2.24) is 0 Å². The Balaban J connectivity index is 4.10. The third-order valence-corrected chi connectivity index (χ3v) is 1.82. The first-order valence-corrected chi connectivity index (χ1v) is 4.40. The summed E-state index contributed by atoms with van der Waals surface area (Å²) in [7, 11) is 0. The molecule has 0 radical (unpaired) electrons. The minimum absolute atomic E-state index is 0.0640. The van der Waals surface area contributed by atoms with E-state index in [9.17, 15) is 14.4 Å². The fraction of sp³-hybridized carbons (Fsp3) is 0.444. The molecule has 0 bridgehead atoms. The van der Waals surface area contributed by atoms with E-state index < -0.39 is 23.7 Å². The van der Waals surface area contributed by atoms with Gasteiger partial charge in [0.25, 0.3) is 0 Å². The van der Waals surface area contributed by atoms with Gasteiger partial charge in [0, 0.05) is 18.4 Å². The van der Waals surface area contributed by atoms with Gasteiger partial charge in [0.1, 0.15) is 0 Å². The summed E-state index contributed by atoms with van der Waals surface area (Å²) >= 11 is 0. The summed E-state index contributed by atoms with van der Waals surface area (Å²) in [6.45, 7) is 0. The molecule has 6 nitrogen and oxygen atoms in total. The Kier molecular flexibility index (Phi) is 5.77. The lowest BCUT2D eigenvalue weighted by molar-refractivity contribution is -0.131. The maximum atomic E-state index is 10.9. The van der Waals surface area contributed by atoms with Crippen molar-refractivity contribution in [2.24, 2.45) is 17.4 Å². The number of aliphatic carboxylic acids is 1. The van der Waals surface area contributed by atoms with E-state index in [0.717, 1.165) is 6.08 Å². The quantitative estimate of drug-likeness (QED) is 0.489. The van der Waals surface area contributed by atoms with Crippen molar-refractivity contribution in [3.05, 3.63) is 12.2 Å². The molecule has 5 N–H and O–H groups in total. The predicted molar refractivity (Wildman–Crippen MR) is 52.5 cm³/mol. The van der Waals surface area contributed by atoms with Gasteiger partial charge in [0.15, 0.2) is 0 Å². The molecule has 0 rings (SSSR count). The fourth-order valence-corrected chi connectivity index (χ4v) is 1.03. The minimum atomic E-state index is -1.09. The standard InChI is InChI=1S/C9H14N2O4/c10-7(12)5-4-6(9(11)15)2-1-3-8(13)14/h1,3,6H,2,4-5H2,(H2,10,12)(H2,11,15)(H,13,14). The SMILES string of the molecule is NC(=O)CCC(CC=CC(=O)O)C(N)=O. The number of amides is 2. The monoisotopic (exact) mass is 214 g/mol. The molecule has 0 aliphatic carbocycles. The molecule has 0 saturated carbocycles. The van der Waals surface area contributed by atoms with Crippen molar-refractivity contribution in [2.75, 3.05) is 0 Å². The van der Waals surface area contributed by atoms with Crippen LogP contribution in [-0.2, 0) is 14.4 Å². The number of carbonyl (C=O) groups is 3. The molecular weight excluding hydrogens is 200 g/mol. The number of hydrogen-bond acceptors (Lipinski definition) is 3. The summed E-state index contributed by atoms with van der Waals surface area (Å²) in [6.07, 6.45) is 2.77. The summed E-state index contributed by atoms with van der Waals surface area (Å²) < 4.78 is 0. The molecule has 0 spiro atoms. The van der Waals surface area contributed by atoms with Gasteiger partial charge in [0.05, 0.1) is 0 Å². The van der Waals surface area contributed by atoms with Gasteiger partial charge in [-0.1, -0.05) is 6.08 Å². The lowest BCUT2D eigenvalue weighted by Crippen LogP contribution is -2.24. The summed E-state index contributed by atoms with van der Waals surface area (Å²) in [4.78, 5) is 31.5. The zero-order valence-electron chi connectivity index (χ0n) is 8.18. The number of rotatable bonds is 7. The lowest BCUT2D eigenvalue weighted by Gasteiger charge is -2.08. The Bertz CT molecular complexity index is 286. The Morgan fingerprint density at radius 3 is 2.27 bits per heavy atom. The average molecular weight is 214 g/mol. The smallest absolute Gasteiger partial charge is 0.327 e. The van der Waals surface area contributed by atoms with Crippen molar-refractivity contribution in [3.63, 3.8) is 0 Å². The Hall–Kier alpha value is -1.85. The minimum Gasteiger partial charge on any atom is -0.478 e. The molecule has 2 amide bonds. The molecule has 0 aromatic carbocycles. The zero-order valence-corrected chi connectivity index (χ0v) is 8.18. The second-order valence-electron chi connectivity index (χ2n) is 3.08. The summed E-state index contributed by atoms with van der Waals surface area (Å²) in [5, 5.41) is 8.31. The highest BCUT2D eigenvalue weighted by atomic mass is 16.4. The summed E-state index contributed by atoms with van der Waals surface area (Å²) in [6, 6.07) is 0. The maximum absolute atomic E-state index is 10.9. The topological polar surface area (TPSA) is 123 Å². The van der Waals surface area contributed by atoms with E-state index in [0.29, 0.717) is 0 Å². The van der Waals surface area contributed by atoms with Crippen LogP contribution in [0.1, 0.15) is 19.3 Å². The zero-order chi connectivity index (χ0) is 11.8. The highest BCUT2D eigenvalue weighted by molar-refractivity contribution is 5.81. The van der Waals surface area contributed by atoms with Crippen molar-refractivity contribution >= 4 is 17.8 Å². The van der Waals surface area contributed by atoms with Gasteiger partial charge in [-0.2, -0.15) is 0 Å². The predicted octanol–water partition coefficient (Wildman–Crippen LogP) is -0.616. The molecule has 0 aromatic heterocycles. The lowest BCUT2D eigenvalue weighted by atomic mass is 9.98. The van der Waals surface area contributed by atoms with E-state index in [2.05, 4.69) is 0 Å². The van der Waals surface area contributed by atoms with E-state index in [1.165, 1.54) is 6.08 Å².